The molecule has 3 heteroatoms. The molecule has 0 spiro atoms. The Balaban J connectivity index is 2.08. The minimum absolute atomic E-state index is 0.0428. The van der Waals surface area contributed by atoms with E-state index in [0.29, 0.717) is 6.04 Å². The zero-order valence-corrected chi connectivity index (χ0v) is 9.62. The number of carbonyl (C=O) groups excluding carboxylic acids is 1. The van der Waals surface area contributed by atoms with Gasteiger partial charge in [-0.3, -0.25) is 4.79 Å². The summed E-state index contributed by atoms with van der Waals surface area (Å²) in [6.07, 6.45) is 3.48. The molecule has 0 aromatic heterocycles. The van der Waals surface area contributed by atoms with E-state index >= 15 is 0 Å². The van der Waals surface area contributed by atoms with Crippen molar-refractivity contribution in [3.63, 3.8) is 0 Å². The SMILES string of the molecule is CCNc1ccccc1C(=O)NC1CCC1. The lowest BCUT2D eigenvalue weighted by atomic mass is 9.93. The van der Waals surface area contributed by atoms with Gasteiger partial charge < -0.3 is 10.6 Å². The second kappa shape index (κ2) is 5.01. The van der Waals surface area contributed by atoms with Crippen LogP contribution >= 0.6 is 0 Å². The first kappa shape index (κ1) is 11.0. The van der Waals surface area contributed by atoms with Gasteiger partial charge in [-0.1, -0.05) is 12.1 Å². The molecular weight excluding hydrogens is 200 g/mol. The summed E-state index contributed by atoms with van der Waals surface area (Å²) in [6, 6.07) is 8.04. The van der Waals surface area contributed by atoms with Crippen LogP contribution in [0.5, 0.6) is 0 Å². The molecule has 1 saturated carbocycles. The number of anilines is 1. The molecule has 16 heavy (non-hydrogen) atoms. The summed E-state index contributed by atoms with van der Waals surface area (Å²) in [5, 5.41) is 6.26. The van der Waals surface area contributed by atoms with E-state index in [9.17, 15) is 4.79 Å². The summed E-state index contributed by atoms with van der Waals surface area (Å²) in [7, 11) is 0. The van der Waals surface area contributed by atoms with Crippen molar-refractivity contribution < 1.29 is 4.79 Å². The van der Waals surface area contributed by atoms with Crippen molar-refractivity contribution in [3.05, 3.63) is 29.8 Å². The summed E-state index contributed by atoms with van der Waals surface area (Å²) >= 11 is 0. The number of benzene rings is 1. The standard InChI is InChI=1S/C13H18N2O/c1-2-14-12-9-4-3-8-11(12)13(16)15-10-6-5-7-10/h3-4,8-10,14H,2,5-7H2,1H3,(H,15,16). The van der Waals surface area contributed by atoms with Crippen molar-refractivity contribution in [2.75, 3.05) is 11.9 Å². The third-order valence-electron chi connectivity index (χ3n) is 2.98. The highest BCUT2D eigenvalue weighted by Gasteiger charge is 2.21. The minimum atomic E-state index is 0.0428. The molecular formula is C13H18N2O. The Labute approximate surface area is 96.2 Å². The summed E-state index contributed by atoms with van der Waals surface area (Å²) < 4.78 is 0. The molecule has 0 radical (unpaired) electrons. The molecule has 86 valence electrons. The molecule has 1 aliphatic rings. The Kier molecular flexibility index (Phi) is 3.44. The maximum absolute atomic E-state index is 12.0. The lowest BCUT2D eigenvalue weighted by Crippen LogP contribution is -2.39. The van der Waals surface area contributed by atoms with E-state index < -0.39 is 0 Å². The molecule has 3 nitrogen and oxygen atoms in total. The Morgan fingerprint density at radius 3 is 2.75 bits per heavy atom. The van der Waals surface area contributed by atoms with Gasteiger partial charge in [-0.2, -0.15) is 0 Å². The minimum Gasteiger partial charge on any atom is -0.385 e. The van der Waals surface area contributed by atoms with Crippen LogP contribution in [0.25, 0.3) is 0 Å². The van der Waals surface area contributed by atoms with Crippen LogP contribution in [0.4, 0.5) is 5.69 Å². The van der Waals surface area contributed by atoms with Crippen LogP contribution < -0.4 is 10.6 Å². The summed E-state index contributed by atoms with van der Waals surface area (Å²) in [5.74, 6) is 0.0428. The van der Waals surface area contributed by atoms with Gasteiger partial charge in [0.2, 0.25) is 0 Å². The Bertz CT molecular complexity index is 372. The van der Waals surface area contributed by atoms with Crippen LogP contribution in [0, 0.1) is 0 Å². The molecule has 1 fully saturated rings. The van der Waals surface area contributed by atoms with Gasteiger partial charge in [-0.15, -0.1) is 0 Å². The smallest absolute Gasteiger partial charge is 0.253 e. The Hall–Kier alpha value is -1.51. The first-order valence-corrected chi connectivity index (χ1v) is 5.95. The molecule has 0 bridgehead atoms. The summed E-state index contributed by atoms with van der Waals surface area (Å²) in [6.45, 7) is 2.86. The number of hydrogen-bond acceptors (Lipinski definition) is 2. The normalized spacial score (nSPS) is 15.3. The molecule has 0 atom stereocenters. The lowest BCUT2D eigenvalue weighted by Gasteiger charge is -2.26. The average Bonchev–Trinajstić information content (AvgIpc) is 2.24. The fourth-order valence-electron chi connectivity index (χ4n) is 1.84. The number of carbonyl (C=O) groups is 1. The van der Waals surface area contributed by atoms with Gasteiger partial charge in [0, 0.05) is 18.3 Å². The number of nitrogens with one attached hydrogen (secondary N) is 2. The van der Waals surface area contributed by atoms with Crippen LogP contribution in [0.2, 0.25) is 0 Å². The maximum Gasteiger partial charge on any atom is 0.253 e. The van der Waals surface area contributed by atoms with E-state index in [-0.39, 0.29) is 5.91 Å². The maximum atomic E-state index is 12.0. The molecule has 1 aromatic carbocycles. The monoisotopic (exact) mass is 218 g/mol. The largest absolute Gasteiger partial charge is 0.385 e. The number of amides is 1. The van der Waals surface area contributed by atoms with Crippen LogP contribution in [0.3, 0.4) is 0 Å². The molecule has 0 heterocycles. The van der Waals surface area contributed by atoms with Crippen LogP contribution in [0.15, 0.2) is 24.3 Å². The zero-order chi connectivity index (χ0) is 11.4. The van der Waals surface area contributed by atoms with Gasteiger partial charge >= 0.3 is 0 Å². The third-order valence-corrected chi connectivity index (χ3v) is 2.98. The second-order valence-electron chi connectivity index (χ2n) is 4.18. The van der Waals surface area contributed by atoms with Gasteiger partial charge in [-0.25, -0.2) is 0 Å². The van der Waals surface area contributed by atoms with Crippen LogP contribution in [-0.2, 0) is 0 Å². The third kappa shape index (κ3) is 2.35. The summed E-state index contributed by atoms with van der Waals surface area (Å²) in [5.41, 5.74) is 1.66. The lowest BCUT2D eigenvalue weighted by molar-refractivity contribution is 0.0918. The van der Waals surface area contributed by atoms with E-state index in [1.165, 1.54) is 6.42 Å². The van der Waals surface area contributed by atoms with Crippen molar-refractivity contribution in [2.45, 2.75) is 32.2 Å². The average molecular weight is 218 g/mol. The zero-order valence-electron chi connectivity index (χ0n) is 9.62. The number of hydrogen-bond donors (Lipinski definition) is 2. The van der Waals surface area contributed by atoms with Gasteiger partial charge in [0.1, 0.15) is 0 Å². The van der Waals surface area contributed by atoms with Crippen molar-refractivity contribution in [2.24, 2.45) is 0 Å². The molecule has 0 unspecified atom stereocenters. The molecule has 0 saturated heterocycles. The van der Waals surface area contributed by atoms with Crippen LogP contribution in [0.1, 0.15) is 36.5 Å². The summed E-state index contributed by atoms with van der Waals surface area (Å²) in [4.78, 5) is 12.0. The molecule has 1 aromatic rings. The number of para-hydroxylation sites is 1. The fourth-order valence-corrected chi connectivity index (χ4v) is 1.84. The molecule has 1 amide bonds. The predicted molar refractivity (Wildman–Crippen MR) is 65.7 cm³/mol. The van der Waals surface area contributed by atoms with Crippen molar-refractivity contribution in [3.8, 4) is 0 Å². The van der Waals surface area contributed by atoms with E-state index in [4.69, 9.17) is 0 Å². The molecule has 1 aliphatic carbocycles. The van der Waals surface area contributed by atoms with Gasteiger partial charge in [-0.05, 0) is 38.3 Å². The Morgan fingerprint density at radius 2 is 2.12 bits per heavy atom. The highest BCUT2D eigenvalue weighted by atomic mass is 16.1. The first-order chi connectivity index (χ1) is 7.81. The van der Waals surface area contributed by atoms with Gasteiger partial charge in [0.05, 0.1) is 5.56 Å². The molecule has 0 aliphatic heterocycles. The first-order valence-electron chi connectivity index (χ1n) is 5.95. The second-order valence-corrected chi connectivity index (χ2v) is 4.18. The topological polar surface area (TPSA) is 41.1 Å². The van der Waals surface area contributed by atoms with E-state index in [1.54, 1.807) is 0 Å². The van der Waals surface area contributed by atoms with Crippen molar-refractivity contribution in [1.29, 1.82) is 0 Å². The van der Waals surface area contributed by atoms with Crippen molar-refractivity contribution in [1.82, 2.24) is 5.32 Å². The molecule has 2 rings (SSSR count). The van der Waals surface area contributed by atoms with Gasteiger partial charge in [0.25, 0.3) is 5.91 Å². The van der Waals surface area contributed by atoms with E-state index in [2.05, 4.69) is 10.6 Å². The highest BCUT2D eigenvalue weighted by molar-refractivity contribution is 5.99. The highest BCUT2D eigenvalue weighted by Crippen LogP contribution is 2.20. The van der Waals surface area contributed by atoms with Gasteiger partial charge in [0.15, 0.2) is 0 Å². The van der Waals surface area contributed by atoms with Crippen molar-refractivity contribution >= 4 is 11.6 Å². The number of rotatable bonds is 4. The van der Waals surface area contributed by atoms with E-state index in [1.807, 2.05) is 31.2 Å². The fraction of sp³-hybridized carbons (Fsp3) is 0.462. The molecule has 2 N–H and O–H groups in total. The predicted octanol–water partition coefficient (Wildman–Crippen LogP) is 2.40. The van der Waals surface area contributed by atoms with Crippen LogP contribution in [-0.4, -0.2) is 18.5 Å². The Morgan fingerprint density at radius 1 is 1.38 bits per heavy atom. The van der Waals surface area contributed by atoms with E-state index in [0.717, 1.165) is 30.6 Å². The quantitative estimate of drug-likeness (QED) is 0.814.